The monoisotopic (exact) mass is 378 g/mol. The Balaban J connectivity index is 1.70. The molecular formula is C17H23BrN4O. The van der Waals surface area contributed by atoms with Crippen LogP contribution in [0.2, 0.25) is 0 Å². The van der Waals surface area contributed by atoms with Crippen LogP contribution in [0, 0.1) is 12.3 Å². The van der Waals surface area contributed by atoms with Crippen LogP contribution in [0.25, 0.3) is 0 Å². The molecule has 5 nitrogen and oxygen atoms in total. The van der Waals surface area contributed by atoms with Gasteiger partial charge in [-0.1, -0.05) is 6.07 Å². The lowest BCUT2D eigenvalue weighted by Gasteiger charge is -2.24. The van der Waals surface area contributed by atoms with Crippen LogP contribution >= 0.6 is 15.9 Å². The number of aryl methyl sites for hydroxylation is 1. The van der Waals surface area contributed by atoms with Crippen LogP contribution in [0.5, 0.6) is 0 Å². The Morgan fingerprint density at radius 3 is 2.91 bits per heavy atom. The van der Waals surface area contributed by atoms with E-state index in [4.69, 9.17) is 10.7 Å². The van der Waals surface area contributed by atoms with Crippen LogP contribution in [0.15, 0.2) is 16.7 Å². The molecule has 23 heavy (non-hydrogen) atoms. The Bertz CT molecular complexity index is 660. The summed E-state index contributed by atoms with van der Waals surface area (Å²) < 4.78 is 0.846. The molecule has 3 heterocycles. The summed E-state index contributed by atoms with van der Waals surface area (Å²) in [4.78, 5) is 19.1. The van der Waals surface area contributed by atoms with E-state index in [-0.39, 0.29) is 22.9 Å². The average Bonchev–Trinajstić information content (AvgIpc) is 2.85. The molecule has 6 heteroatoms. The number of fused-ring (bicyclic) bond motifs is 1. The van der Waals surface area contributed by atoms with Crippen molar-refractivity contribution >= 4 is 21.8 Å². The van der Waals surface area contributed by atoms with Gasteiger partial charge < -0.3 is 10.6 Å². The van der Waals surface area contributed by atoms with E-state index >= 15 is 0 Å². The smallest absolute Gasteiger partial charge is 0.234 e. The minimum Gasteiger partial charge on any atom is -0.368 e. The molecule has 2 unspecified atom stereocenters. The molecule has 1 saturated carbocycles. The number of rotatable bonds is 4. The van der Waals surface area contributed by atoms with Gasteiger partial charge in [0, 0.05) is 12.0 Å². The van der Waals surface area contributed by atoms with Crippen molar-refractivity contribution in [2.24, 2.45) is 11.1 Å². The van der Waals surface area contributed by atoms with Crippen LogP contribution < -0.4 is 11.1 Å². The molecule has 1 aromatic heterocycles. The Hall–Kier alpha value is -0.980. The van der Waals surface area contributed by atoms with Gasteiger partial charge in [0.25, 0.3) is 0 Å². The summed E-state index contributed by atoms with van der Waals surface area (Å²) in [5.41, 5.74) is 7.76. The molecule has 1 aliphatic carbocycles. The van der Waals surface area contributed by atoms with E-state index in [9.17, 15) is 4.79 Å². The number of likely N-dealkylation sites (tertiary alicyclic amines) is 1. The number of carbonyl (C=O) groups is 1. The second-order valence-electron chi connectivity index (χ2n) is 7.45. The zero-order valence-corrected chi connectivity index (χ0v) is 15.0. The van der Waals surface area contributed by atoms with Gasteiger partial charge in [-0.2, -0.15) is 0 Å². The average molecular weight is 379 g/mol. The summed E-state index contributed by atoms with van der Waals surface area (Å²) in [5.74, 6) is -0.245. The number of nitrogens with two attached hydrogens (primary N) is 1. The van der Waals surface area contributed by atoms with Crippen LogP contribution in [-0.2, 0) is 10.3 Å². The summed E-state index contributed by atoms with van der Waals surface area (Å²) in [6.45, 7) is 5.48. The Morgan fingerprint density at radius 2 is 2.22 bits per heavy atom. The van der Waals surface area contributed by atoms with Crippen molar-refractivity contribution in [3.05, 3.63) is 28.0 Å². The lowest BCUT2D eigenvalue weighted by molar-refractivity contribution is -0.120. The van der Waals surface area contributed by atoms with Crippen LogP contribution in [0.1, 0.15) is 36.9 Å². The Kier molecular flexibility index (Phi) is 3.55. The van der Waals surface area contributed by atoms with Gasteiger partial charge in [0.1, 0.15) is 4.60 Å². The summed E-state index contributed by atoms with van der Waals surface area (Å²) in [6, 6.07) is 3.83. The molecule has 2 aliphatic heterocycles. The second-order valence-corrected chi connectivity index (χ2v) is 8.26. The number of carbonyl (C=O) groups excluding carboxylic acids is 1. The van der Waals surface area contributed by atoms with Crippen LogP contribution in [-0.4, -0.2) is 41.5 Å². The molecular weight excluding hydrogens is 356 g/mol. The minimum atomic E-state index is -0.245. The molecule has 0 radical (unpaired) electrons. The summed E-state index contributed by atoms with van der Waals surface area (Å²) in [6.07, 6.45) is 4.44. The van der Waals surface area contributed by atoms with Gasteiger partial charge in [0.15, 0.2) is 0 Å². The van der Waals surface area contributed by atoms with Crippen molar-refractivity contribution in [3.63, 3.8) is 0 Å². The largest absolute Gasteiger partial charge is 0.368 e. The van der Waals surface area contributed by atoms with E-state index in [1.165, 1.54) is 31.5 Å². The highest BCUT2D eigenvalue weighted by atomic mass is 79.9. The fraction of sp³-hybridized carbons (Fsp3) is 0.647. The molecule has 3 atom stereocenters. The number of hydrogen-bond acceptors (Lipinski definition) is 4. The van der Waals surface area contributed by atoms with E-state index < -0.39 is 0 Å². The first kappa shape index (κ1) is 15.5. The molecule has 3 fully saturated rings. The van der Waals surface area contributed by atoms with Crippen molar-refractivity contribution in [1.29, 1.82) is 0 Å². The molecule has 1 amide bonds. The van der Waals surface area contributed by atoms with E-state index in [0.29, 0.717) is 0 Å². The summed E-state index contributed by atoms with van der Waals surface area (Å²) in [5, 5.41) is 3.56. The van der Waals surface area contributed by atoms with Gasteiger partial charge in [-0.15, -0.1) is 0 Å². The van der Waals surface area contributed by atoms with Gasteiger partial charge in [0.05, 0.1) is 17.3 Å². The van der Waals surface area contributed by atoms with Gasteiger partial charge in [-0.3, -0.25) is 10.1 Å². The Labute approximate surface area is 145 Å². The fourth-order valence-electron chi connectivity index (χ4n) is 4.79. The predicted octanol–water partition coefficient (Wildman–Crippen LogP) is 1.68. The number of amides is 1. The SMILES string of the molecule is Cc1ccc(Br)nc1C12CC1(CN1CCCC1)C[C@@H](C(N)=O)N2. The standard InChI is InChI=1S/C17H23BrN4O/c1-11-4-5-13(18)20-14(11)17-9-16(17,8-12(21-17)15(19)23)10-22-6-2-3-7-22/h4-5,12,21H,2-3,6-10H2,1H3,(H2,19,23)/t12-,16?,17?/m0/s1. The third-order valence-electron chi connectivity index (χ3n) is 5.94. The van der Waals surface area contributed by atoms with E-state index in [2.05, 4.69) is 39.1 Å². The van der Waals surface area contributed by atoms with E-state index in [1.807, 2.05) is 6.07 Å². The molecule has 3 N–H and O–H groups in total. The number of hydrogen-bond donors (Lipinski definition) is 2. The van der Waals surface area contributed by atoms with Gasteiger partial charge in [-0.05, 0) is 73.3 Å². The number of aromatic nitrogens is 1. The van der Waals surface area contributed by atoms with Crippen molar-refractivity contribution in [3.8, 4) is 0 Å². The molecule has 0 aromatic carbocycles. The zero-order valence-electron chi connectivity index (χ0n) is 13.4. The quantitative estimate of drug-likeness (QED) is 0.781. The van der Waals surface area contributed by atoms with Crippen molar-refractivity contribution in [1.82, 2.24) is 15.2 Å². The molecule has 1 aromatic rings. The molecule has 124 valence electrons. The number of nitrogens with one attached hydrogen (secondary N) is 1. The third-order valence-corrected chi connectivity index (χ3v) is 6.38. The number of primary amides is 1. The highest BCUT2D eigenvalue weighted by molar-refractivity contribution is 9.10. The summed E-state index contributed by atoms with van der Waals surface area (Å²) >= 11 is 3.50. The lowest BCUT2D eigenvalue weighted by atomic mass is 9.93. The fourth-order valence-corrected chi connectivity index (χ4v) is 5.10. The number of pyridine rings is 1. The predicted molar refractivity (Wildman–Crippen MR) is 91.8 cm³/mol. The minimum absolute atomic E-state index is 0.0928. The van der Waals surface area contributed by atoms with Crippen LogP contribution in [0.4, 0.5) is 0 Å². The molecule has 4 rings (SSSR count). The lowest BCUT2D eigenvalue weighted by Crippen LogP contribution is -2.42. The van der Waals surface area contributed by atoms with Gasteiger partial charge in [-0.25, -0.2) is 4.98 Å². The molecule has 0 bridgehead atoms. The number of nitrogens with zero attached hydrogens (tertiary/aromatic N) is 2. The van der Waals surface area contributed by atoms with Crippen molar-refractivity contribution < 1.29 is 4.79 Å². The van der Waals surface area contributed by atoms with Crippen LogP contribution in [0.3, 0.4) is 0 Å². The molecule has 2 saturated heterocycles. The van der Waals surface area contributed by atoms with Gasteiger partial charge >= 0.3 is 0 Å². The summed E-state index contributed by atoms with van der Waals surface area (Å²) in [7, 11) is 0. The van der Waals surface area contributed by atoms with Crippen molar-refractivity contribution in [2.45, 2.75) is 44.2 Å². The van der Waals surface area contributed by atoms with E-state index in [1.54, 1.807) is 0 Å². The maximum absolute atomic E-state index is 11.8. The Morgan fingerprint density at radius 1 is 1.48 bits per heavy atom. The third kappa shape index (κ3) is 2.34. The normalized spacial score (nSPS) is 36.2. The molecule has 0 spiro atoms. The zero-order chi connectivity index (χ0) is 16.2. The topological polar surface area (TPSA) is 71.2 Å². The first-order valence-corrected chi connectivity index (χ1v) is 9.18. The molecule has 3 aliphatic rings. The maximum Gasteiger partial charge on any atom is 0.234 e. The maximum atomic E-state index is 11.8. The first-order valence-electron chi connectivity index (χ1n) is 8.39. The first-order chi connectivity index (χ1) is 11.0. The van der Waals surface area contributed by atoms with Gasteiger partial charge in [0.2, 0.25) is 5.91 Å². The van der Waals surface area contributed by atoms with Crippen molar-refractivity contribution in [2.75, 3.05) is 19.6 Å². The highest BCUT2D eigenvalue weighted by Crippen LogP contribution is 2.69. The second kappa shape index (κ2) is 5.26. The van der Waals surface area contributed by atoms with E-state index in [0.717, 1.165) is 29.7 Å². The number of halogens is 1. The highest BCUT2D eigenvalue weighted by Gasteiger charge is 2.74. The number of piperidine rings is 1.